The highest BCUT2D eigenvalue weighted by Gasteiger charge is 2.10. The van der Waals surface area contributed by atoms with Crippen molar-refractivity contribution in [1.82, 2.24) is 20.7 Å². The lowest BCUT2D eigenvalue weighted by molar-refractivity contribution is 0.0942. The topological polar surface area (TPSA) is 70.4 Å². The molecule has 0 bridgehead atoms. The summed E-state index contributed by atoms with van der Waals surface area (Å²) in [6.45, 7) is 6.02. The molecule has 1 amide bonds. The zero-order chi connectivity index (χ0) is 11.9. The van der Waals surface area contributed by atoms with Crippen LogP contribution in [0.5, 0.6) is 0 Å². The van der Waals surface area contributed by atoms with E-state index in [9.17, 15) is 4.79 Å². The van der Waals surface area contributed by atoms with Crippen molar-refractivity contribution in [1.29, 1.82) is 0 Å². The maximum atomic E-state index is 11.5. The number of aromatic nitrogens is 1. The van der Waals surface area contributed by atoms with Gasteiger partial charge in [0.15, 0.2) is 5.69 Å². The minimum atomic E-state index is -0.168. The van der Waals surface area contributed by atoms with E-state index < -0.39 is 0 Å². The van der Waals surface area contributed by atoms with Crippen molar-refractivity contribution >= 4 is 18.3 Å². The van der Waals surface area contributed by atoms with E-state index in [4.69, 9.17) is 0 Å². The van der Waals surface area contributed by atoms with Crippen molar-refractivity contribution in [2.45, 2.75) is 6.42 Å². The summed E-state index contributed by atoms with van der Waals surface area (Å²) in [5.41, 5.74) is 0.340. The average Bonchev–Trinajstić information content (AvgIpc) is 2.89. The van der Waals surface area contributed by atoms with Crippen molar-refractivity contribution in [2.75, 3.05) is 39.3 Å². The molecule has 1 aromatic heterocycles. The van der Waals surface area contributed by atoms with E-state index in [1.54, 1.807) is 6.07 Å². The number of rotatable bonds is 5. The molecule has 6 nitrogen and oxygen atoms in total. The predicted molar refractivity (Wildman–Crippen MR) is 70.0 cm³/mol. The molecule has 1 aliphatic rings. The Morgan fingerprint density at radius 1 is 1.50 bits per heavy atom. The second-order valence-electron chi connectivity index (χ2n) is 4.09. The second-order valence-corrected chi connectivity index (χ2v) is 4.09. The molecule has 0 aliphatic carbocycles. The molecule has 0 unspecified atom stereocenters. The molecule has 1 fully saturated rings. The molecule has 18 heavy (non-hydrogen) atoms. The molecule has 1 aromatic rings. The molecule has 0 aromatic carbocycles. The van der Waals surface area contributed by atoms with Crippen LogP contribution in [0.1, 0.15) is 16.9 Å². The second kappa shape index (κ2) is 8.07. The Morgan fingerprint density at radius 3 is 2.94 bits per heavy atom. The van der Waals surface area contributed by atoms with Crippen molar-refractivity contribution in [3.8, 4) is 0 Å². The average molecular weight is 275 g/mol. The first-order valence-corrected chi connectivity index (χ1v) is 5.98. The lowest BCUT2D eigenvalue weighted by Gasteiger charge is -2.26. The van der Waals surface area contributed by atoms with Crippen LogP contribution in [0, 0.1) is 0 Å². The Hall–Kier alpha value is -1.11. The highest BCUT2D eigenvalue weighted by atomic mass is 35.5. The standard InChI is InChI=1S/C11H18N4O2.ClH/c16-11(10-2-9-17-14-10)13-3-1-6-15-7-4-12-5-8-15;/h2,9,12H,1,3-8H2,(H,13,16);1H. The summed E-state index contributed by atoms with van der Waals surface area (Å²) in [4.78, 5) is 13.9. The lowest BCUT2D eigenvalue weighted by Crippen LogP contribution is -2.44. The molecular weight excluding hydrogens is 256 g/mol. The van der Waals surface area contributed by atoms with Crippen LogP contribution in [0.2, 0.25) is 0 Å². The van der Waals surface area contributed by atoms with Gasteiger partial charge in [-0.15, -0.1) is 12.4 Å². The van der Waals surface area contributed by atoms with Gasteiger partial charge in [-0.1, -0.05) is 5.16 Å². The number of halogens is 1. The first-order valence-electron chi connectivity index (χ1n) is 5.98. The van der Waals surface area contributed by atoms with Gasteiger partial charge in [-0.3, -0.25) is 4.79 Å². The SMILES string of the molecule is Cl.O=C(NCCCN1CCNCC1)c1ccon1. The van der Waals surface area contributed by atoms with Gasteiger partial charge >= 0.3 is 0 Å². The lowest BCUT2D eigenvalue weighted by atomic mass is 10.3. The molecular formula is C11H19ClN4O2. The van der Waals surface area contributed by atoms with Crippen LogP contribution in [-0.2, 0) is 0 Å². The van der Waals surface area contributed by atoms with Gasteiger partial charge in [0, 0.05) is 38.8 Å². The molecule has 0 saturated carbocycles. The van der Waals surface area contributed by atoms with Crippen LogP contribution in [0.3, 0.4) is 0 Å². The highest BCUT2D eigenvalue weighted by molar-refractivity contribution is 5.91. The quantitative estimate of drug-likeness (QED) is 0.747. The van der Waals surface area contributed by atoms with Crippen molar-refractivity contribution in [3.05, 3.63) is 18.0 Å². The summed E-state index contributed by atoms with van der Waals surface area (Å²) in [7, 11) is 0. The Labute approximate surface area is 112 Å². The number of nitrogens with zero attached hydrogens (tertiary/aromatic N) is 2. The van der Waals surface area contributed by atoms with Gasteiger partial charge in [0.05, 0.1) is 0 Å². The fourth-order valence-electron chi connectivity index (χ4n) is 1.86. The molecule has 1 aliphatic heterocycles. The van der Waals surface area contributed by atoms with Crippen molar-refractivity contribution in [2.24, 2.45) is 0 Å². The van der Waals surface area contributed by atoms with E-state index in [1.165, 1.54) is 6.26 Å². The monoisotopic (exact) mass is 274 g/mol. The number of carbonyl (C=O) groups is 1. The maximum absolute atomic E-state index is 11.5. The molecule has 102 valence electrons. The summed E-state index contributed by atoms with van der Waals surface area (Å²) in [5, 5.41) is 9.71. The number of nitrogens with one attached hydrogen (secondary N) is 2. The van der Waals surface area contributed by atoms with E-state index in [0.717, 1.165) is 39.1 Å². The Morgan fingerprint density at radius 2 is 2.28 bits per heavy atom. The molecule has 2 rings (SSSR count). The van der Waals surface area contributed by atoms with Crippen LogP contribution >= 0.6 is 12.4 Å². The van der Waals surface area contributed by atoms with Gasteiger partial charge in [0.2, 0.25) is 0 Å². The first-order chi connectivity index (χ1) is 8.36. The van der Waals surface area contributed by atoms with E-state index in [2.05, 4.69) is 25.2 Å². The van der Waals surface area contributed by atoms with E-state index in [1.807, 2.05) is 0 Å². The van der Waals surface area contributed by atoms with Crippen LogP contribution in [0.15, 0.2) is 16.9 Å². The number of carbonyl (C=O) groups excluding carboxylic acids is 1. The Bertz CT molecular complexity index is 339. The molecule has 7 heteroatoms. The first kappa shape index (κ1) is 14.9. The van der Waals surface area contributed by atoms with E-state index >= 15 is 0 Å². The summed E-state index contributed by atoms with van der Waals surface area (Å²) in [6, 6.07) is 1.56. The molecule has 0 spiro atoms. The smallest absolute Gasteiger partial charge is 0.273 e. The van der Waals surface area contributed by atoms with Crippen LogP contribution in [0.4, 0.5) is 0 Å². The van der Waals surface area contributed by atoms with Crippen LogP contribution in [-0.4, -0.2) is 55.2 Å². The van der Waals surface area contributed by atoms with Crippen molar-refractivity contribution < 1.29 is 9.32 Å². The van der Waals surface area contributed by atoms with Gasteiger partial charge in [0.25, 0.3) is 5.91 Å². The van der Waals surface area contributed by atoms with Crippen LogP contribution < -0.4 is 10.6 Å². The fourth-order valence-corrected chi connectivity index (χ4v) is 1.86. The summed E-state index contributed by atoms with van der Waals surface area (Å²) >= 11 is 0. The molecule has 0 radical (unpaired) electrons. The minimum absolute atomic E-state index is 0. The zero-order valence-corrected chi connectivity index (χ0v) is 11.0. The third-order valence-electron chi connectivity index (χ3n) is 2.82. The fraction of sp³-hybridized carbons (Fsp3) is 0.636. The molecule has 2 N–H and O–H groups in total. The normalized spacial score (nSPS) is 16.0. The summed E-state index contributed by atoms with van der Waals surface area (Å²) in [6.07, 6.45) is 2.36. The maximum Gasteiger partial charge on any atom is 0.273 e. The van der Waals surface area contributed by atoms with E-state index in [-0.39, 0.29) is 18.3 Å². The number of amides is 1. The third-order valence-corrected chi connectivity index (χ3v) is 2.82. The number of hydrogen-bond acceptors (Lipinski definition) is 5. The summed E-state index contributed by atoms with van der Waals surface area (Å²) < 4.78 is 4.61. The zero-order valence-electron chi connectivity index (χ0n) is 10.2. The van der Waals surface area contributed by atoms with Gasteiger partial charge in [0.1, 0.15) is 6.26 Å². The van der Waals surface area contributed by atoms with Crippen molar-refractivity contribution in [3.63, 3.8) is 0 Å². The largest absolute Gasteiger partial charge is 0.364 e. The molecule has 0 atom stereocenters. The van der Waals surface area contributed by atoms with E-state index in [0.29, 0.717) is 12.2 Å². The third kappa shape index (κ3) is 4.64. The minimum Gasteiger partial charge on any atom is -0.364 e. The molecule has 2 heterocycles. The molecule has 1 saturated heterocycles. The Balaban J connectivity index is 0.00000162. The van der Waals surface area contributed by atoms with Gasteiger partial charge in [-0.2, -0.15) is 0 Å². The highest BCUT2D eigenvalue weighted by Crippen LogP contribution is 1.95. The van der Waals surface area contributed by atoms with Gasteiger partial charge < -0.3 is 20.1 Å². The van der Waals surface area contributed by atoms with Gasteiger partial charge in [-0.25, -0.2) is 0 Å². The number of piperazine rings is 1. The van der Waals surface area contributed by atoms with Gasteiger partial charge in [-0.05, 0) is 13.0 Å². The predicted octanol–water partition coefficient (Wildman–Crippen LogP) is 0.122. The summed E-state index contributed by atoms with van der Waals surface area (Å²) in [5.74, 6) is -0.168. The Kier molecular flexibility index (Phi) is 6.70. The number of hydrogen-bond donors (Lipinski definition) is 2. The van der Waals surface area contributed by atoms with Crippen LogP contribution in [0.25, 0.3) is 0 Å².